The minimum absolute atomic E-state index is 0.0618. The quantitative estimate of drug-likeness (QED) is 0.438. The van der Waals surface area contributed by atoms with Crippen molar-refractivity contribution in [2.45, 2.75) is 46.3 Å². The molecule has 35 heavy (non-hydrogen) atoms. The molecule has 0 radical (unpaired) electrons. The highest BCUT2D eigenvalue weighted by Crippen LogP contribution is 2.43. The predicted octanol–water partition coefficient (Wildman–Crippen LogP) is 6.04. The Bertz CT molecular complexity index is 1330. The molecule has 1 aliphatic heterocycles. The van der Waals surface area contributed by atoms with E-state index in [1.54, 1.807) is 29.2 Å². The van der Waals surface area contributed by atoms with Crippen molar-refractivity contribution < 1.29 is 24.2 Å². The lowest BCUT2D eigenvalue weighted by molar-refractivity contribution is -0.147. The second-order valence-electron chi connectivity index (χ2n) is 10.1. The molecule has 0 saturated carbocycles. The van der Waals surface area contributed by atoms with Crippen molar-refractivity contribution in [3.63, 3.8) is 0 Å². The van der Waals surface area contributed by atoms with E-state index in [4.69, 9.17) is 16.3 Å². The van der Waals surface area contributed by atoms with E-state index in [0.29, 0.717) is 28.4 Å². The summed E-state index contributed by atoms with van der Waals surface area (Å²) >= 11 is 6.41. The predicted molar refractivity (Wildman–Crippen MR) is 136 cm³/mol. The largest absolute Gasteiger partial charge is 0.481 e. The number of rotatable bonds is 5. The molecule has 0 saturated heterocycles. The van der Waals surface area contributed by atoms with Gasteiger partial charge in [0.25, 0.3) is 5.91 Å². The molecule has 182 valence electrons. The zero-order valence-corrected chi connectivity index (χ0v) is 20.9. The summed E-state index contributed by atoms with van der Waals surface area (Å²) in [6.45, 7) is 7.93. The average molecular weight is 494 g/mol. The monoisotopic (exact) mass is 493 g/mol. The number of carboxylic acid groups (broad SMARTS) is 1. The molecule has 3 aromatic carbocycles. The van der Waals surface area contributed by atoms with Crippen LogP contribution in [0, 0.1) is 5.41 Å². The maximum atomic E-state index is 13.7. The van der Waals surface area contributed by atoms with Gasteiger partial charge in [-0.15, -0.1) is 0 Å². The lowest BCUT2D eigenvalue weighted by Gasteiger charge is -2.31. The number of nitrogens with zero attached hydrogens (tertiary/aromatic N) is 1. The first kappa shape index (κ1) is 24.9. The molecule has 2 atom stereocenters. The molecule has 1 N–H and O–H groups in total. The Morgan fingerprint density at radius 3 is 2.37 bits per heavy atom. The van der Waals surface area contributed by atoms with E-state index < -0.39 is 30.5 Å². The highest BCUT2D eigenvalue weighted by Gasteiger charge is 2.39. The Balaban J connectivity index is 1.99. The van der Waals surface area contributed by atoms with Gasteiger partial charge in [0.05, 0.1) is 6.42 Å². The summed E-state index contributed by atoms with van der Waals surface area (Å²) in [5.41, 5.74) is 2.36. The van der Waals surface area contributed by atoms with E-state index in [1.807, 2.05) is 51.1 Å². The minimum atomic E-state index is -1.20. The van der Waals surface area contributed by atoms with E-state index in [0.717, 1.165) is 16.3 Å². The Morgan fingerprint density at radius 1 is 1.03 bits per heavy atom. The number of benzene rings is 3. The van der Waals surface area contributed by atoms with Crippen molar-refractivity contribution in [1.82, 2.24) is 0 Å². The molecule has 0 bridgehead atoms. The van der Waals surface area contributed by atoms with Crippen LogP contribution >= 0.6 is 11.6 Å². The van der Waals surface area contributed by atoms with Crippen LogP contribution < -0.4 is 4.90 Å². The molecule has 4 rings (SSSR count). The van der Waals surface area contributed by atoms with Crippen LogP contribution in [-0.2, 0) is 14.3 Å². The summed E-state index contributed by atoms with van der Waals surface area (Å²) in [6, 6.07) is 16.3. The van der Waals surface area contributed by atoms with Gasteiger partial charge < -0.3 is 14.7 Å². The molecular formula is C28H28ClNO5. The number of halogens is 1. The van der Waals surface area contributed by atoms with E-state index in [1.165, 1.54) is 6.92 Å². The third-order valence-electron chi connectivity index (χ3n) is 6.01. The Kier molecular flexibility index (Phi) is 6.71. The Hall–Kier alpha value is -3.22. The number of carboxylic acids is 1. The number of carbonyl (C=O) groups is 3. The molecule has 1 aliphatic rings. The molecule has 1 heterocycles. The summed E-state index contributed by atoms with van der Waals surface area (Å²) in [6.07, 6.45) is -2.44. The fraction of sp³-hybridized carbons (Fsp3) is 0.321. The maximum Gasteiger partial charge on any atom is 0.306 e. The molecule has 6 nitrogen and oxygen atoms in total. The molecule has 2 unspecified atom stereocenters. The van der Waals surface area contributed by atoms with E-state index in [9.17, 15) is 19.5 Å². The standard InChI is InChI=1S/C28H28ClNO5/c1-16(31)18-7-5-9-20-19(18)8-6-10-21(20)26-22-13-17(29)11-12-23(22)30(15-28(2,3)4)27(34)24(35-26)14-25(32)33/h5-13,24,26H,14-15H2,1-4H3,(H,32,33). The smallest absolute Gasteiger partial charge is 0.306 e. The van der Waals surface area contributed by atoms with Crippen LogP contribution in [0.15, 0.2) is 54.6 Å². The van der Waals surface area contributed by atoms with Crippen LogP contribution in [-0.4, -0.2) is 35.4 Å². The molecule has 3 aromatic rings. The van der Waals surface area contributed by atoms with Gasteiger partial charge in [-0.1, -0.05) is 68.8 Å². The summed E-state index contributed by atoms with van der Waals surface area (Å²) in [7, 11) is 0. The van der Waals surface area contributed by atoms with Crippen molar-refractivity contribution in [2.75, 3.05) is 11.4 Å². The van der Waals surface area contributed by atoms with E-state index in [2.05, 4.69) is 0 Å². The Labute approximate surface area is 209 Å². The van der Waals surface area contributed by atoms with E-state index in [-0.39, 0.29) is 11.2 Å². The van der Waals surface area contributed by atoms with Gasteiger partial charge in [-0.25, -0.2) is 0 Å². The summed E-state index contributed by atoms with van der Waals surface area (Å²) in [5.74, 6) is -1.59. The number of ether oxygens (including phenoxy) is 1. The third kappa shape index (κ3) is 5.09. The first-order valence-electron chi connectivity index (χ1n) is 11.5. The van der Waals surface area contributed by atoms with Gasteiger partial charge in [0.15, 0.2) is 5.78 Å². The number of hydrogen-bond donors (Lipinski definition) is 1. The molecule has 0 aromatic heterocycles. The number of amides is 1. The van der Waals surface area contributed by atoms with Gasteiger partial charge in [0.1, 0.15) is 12.2 Å². The topological polar surface area (TPSA) is 83.9 Å². The van der Waals surface area contributed by atoms with Crippen LogP contribution in [0.25, 0.3) is 10.8 Å². The number of aliphatic carboxylic acids is 1. The number of fused-ring (bicyclic) bond motifs is 2. The van der Waals surface area contributed by atoms with Crippen LogP contribution in [0.2, 0.25) is 5.02 Å². The SMILES string of the molecule is CC(=O)c1cccc2c(C3OC(CC(=O)O)C(=O)N(CC(C)(C)C)c4ccc(Cl)cc43)cccc12. The van der Waals surface area contributed by atoms with E-state index >= 15 is 0 Å². The van der Waals surface area contributed by atoms with Crippen molar-refractivity contribution in [1.29, 1.82) is 0 Å². The number of hydrogen-bond acceptors (Lipinski definition) is 4. The van der Waals surface area contributed by atoms with Crippen molar-refractivity contribution >= 4 is 45.7 Å². The second kappa shape index (κ2) is 9.44. The molecular weight excluding hydrogens is 466 g/mol. The zero-order valence-electron chi connectivity index (χ0n) is 20.2. The van der Waals surface area contributed by atoms with Gasteiger partial charge in [0.2, 0.25) is 0 Å². The molecule has 1 amide bonds. The highest BCUT2D eigenvalue weighted by molar-refractivity contribution is 6.30. The molecule has 0 fully saturated rings. The average Bonchev–Trinajstić information content (AvgIpc) is 2.87. The first-order chi connectivity index (χ1) is 16.5. The zero-order chi connectivity index (χ0) is 25.5. The summed E-state index contributed by atoms with van der Waals surface area (Å²) < 4.78 is 6.34. The van der Waals surface area contributed by atoms with Crippen molar-refractivity contribution in [3.05, 3.63) is 76.3 Å². The molecule has 0 aliphatic carbocycles. The first-order valence-corrected chi connectivity index (χ1v) is 11.8. The van der Waals surface area contributed by atoms with Gasteiger partial charge in [-0.2, -0.15) is 0 Å². The Morgan fingerprint density at radius 2 is 1.71 bits per heavy atom. The lowest BCUT2D eigenvalue weighted by atomic mass is 9.91. The third-order valence-corrected chi connectivity index (χ3v) is 6.25. The highest BCUT2D eigenvalue weighted by atomic mass is 35.5. The van der Waals surface area contributed by atoms with Gasteiger partial charge in [-0.05, 0) is 46.9 Å². The second-order valence-corrected chi connectivity index (χ2v) is 10.5. The fourth-order valence-electron chi connectivity index (χ4n) is 4.61. The number of carbonyl (C=O) groups excluding carboxylic acids is 2. The summed E-state index contributed by atoms with van der Waals surface area (Å²) in [4.78, 5) is 39.2. The summed E-state index contributed by atoms with van der Waals surface area (Å²) in [5, 5.41) is 11.6. The van der Waals surface area contributed by atoms with Gasteiger partial charge in [0, 0.05) is 28.4 Å². The lowest BCUT2D eigenvalue weighted by Crippen LogP contribution is -2.44. The normalized spacial score (nSPS) is 18.3. The number of Topliss-reactive ketones (excluding diaryl/α,β-unsaturated/α-hetero) is 1. The molecule has 7 heteroatoms. The van der Waals surface area contributed by atoms with Crippen LogP contribution in [0.3, 0.4) is 0 Å². The molecule has 0 spiro atoms. The number of anilines is 1. The minimum Gasteiger partial charge on any atom is -0.481 e. The van der Waals surface area contributed by atoms with Crippen LogP contribution in [0.5, 0.6) is 0 Å². The van der Waals surface area contributed by atoms with Crippen molar-refractivity contribution in [2.24, 2.45) is 5.41 Å². The fourth-order valence-corrected chi connectivity index (χ4v) is 4.79. The maximum absolute atomic E-state index is 13.7. The van der Waals surface area contributed by atoms with Crippen LogP contribution in [0.1, 0.15) is 61.7 Å². The van der Waals surface area contributed by atoms with Crippen LogP contribution in [0.4, 0.5) is 5.69 Å². The van der Waals surface area contributed by atoms with Gasteiger partial charge >= 0.3 is 5.97 Å². The number of ketones is 1. The van der Waals surface area contributed by atoms with Crippen molar-refractivity contribution in [3.8, 4) is 0 Å². The van der Waals surface area contributed by atoms with Gasteiger partial charge in [-0.3, -0.25) is 14.4 Å².